The van der Waals surface area contributed by atoms with E-state index < -0.39 is 11.6 Å². The van der Waals surface area contributed by atoms with Gasteiger partial charge >= 0.3 is 23.1 Å². The van der Waals surface area contributed by atoms with Crippen LogP contribution in [0.4, 0.5) is 8.78 Å². The molecule has 0 atom stereocenters. The minimum atomic E-state index is -0.572. The van der Waals surface area contributed by atoms with Crippen LogP contribution in [0.3, 0.4) is 0 Å². The van der Waals surface area contributed by atoms with Gasteiger partial charge in [0.1, 0.15) is 5.82 Å². The van der Waals surface area contributed by atoms with Crippen LogP contribution in [-0.2, 0) is 6.61 Å². The molecule has 1 nitrogen and oxygen atoms in total. The van der Waals surface area contributed by atoms with E-state index >= 15 is 0 Å². The van der Waals surface area contributed by atoms with Crippen LogP contribution in [-0.4, -0.2) is 23.1 Å². The summed E-state index contributed by atoms with van der Waals surface area (Å²) < 4.78 is 31.1. The minimum absolute atomic E-state index is 0. The molecule has 5 heteroatoms. The van der Waals surface area contributed by atoms with Crippen LogP contribution in [0.5, 0.6) is 5.75 Å². The predicted molar refractivity (Wildman–Crippen MR) is 61.7 cm³/mol. The van der Waals surface area contributed by atoms with Crippen molar-refractivity contribution < 1.29 is 30.5 Å². The van der Waals surface area contributed by atoms with E-state index in [2.05, 4.69) is 6.07 Å². The van der Waals surface area contributed by atoms with Crippen LogP contribution in [0, 0.1) is 17.7 Å². The van der Waals surface area contributed by atoms with Gasteiger partial charge in [0.15, 0.2) is 11.6 Å². The zero-order valence-corrected chi connectivity index (χ0v) is 12.5. The quantitative estimate of drug-likeness (QED) is 0.569. The van der Waals surface area contributed by atoms with Crippen molar-refractivity contribution in [3.8, 4) is 5.75 Å². The van der Waals surface area contributed by atoms with E-state index in [-0.39, 0.29) is 52.4 Å². The first kappa shape index (κ1) is 17.3. The largest absolute Gasteiger partial charge is 2.00 e. The van der Waals surface area contributed by atoms with E-state index in [4.69, 9.17) is 4.74 Å². The standard InChI is InChI=1S/C13H9F2O.BrH.Mg/c14-11-6-7-12(15)13(8-11)16-9-10-4-2-1-3-5-10;;/h1-4,6-8H,9H2;1H;/q-1;;+2/p-1. The zero-order chi connectivity index (χ0) is 11.4. The van der Waals surface area contributed by atoms with Crippen LogP contribution in [0.15, 0.2) is 42.5 Å². The fourth-order valence-corrected chi connectivity index (χ4v) is 1.26. The molecular weight excluding hydrogens is 314 g/mol. The maximum absolute atomic E-state index is 13.2. The molecule has 0 saturated heterocycles. The fourth-order valence-electron chi connectivity index (χ4n) is 1.26. The SMILES string of the molecule is Fc1ccc(F)c(OCc2[c-]cccc2)c1.[Br-].[Mg+2]. The summed E-state index contributed by atoms with van der Waals surface area (Å²) in [6.07, 6.45) is 0. The summed E-state index contributed by atoms with van der Waals surface area (Å²) in [6.45, 7) is 0.168. The molecule has 0 amide bonds. The van der Waals surface area contributed by atoms with Crippen LogP contribution in [0.2, 0.25) is 0 Å². The first-order chi connectivity index (χ1) is 7.75. The number of rotatable bonds is 3. The van der Waals surface area contributed by atoms with Gasteiger partial charge < -0.3 is 21.7 Å². The maximum Gasteiger partial charge on any atom is 2.00 e. The smallest absolute Gasteiger partial charge is 1.00 e. The molecule has 0 heterocycles. The third-order valence-corrected chi connectivity index (χ3v) is 2.05. The molecule has 0 saturated carbocycles. The second-order valence-electron chi connectivity index (χ2n) is 3.25. The first-order valence-electron chi connectivity index (χ1n) is 4.79. The molecule has 2 aromatic carbocycles. The molecule has 2 aromatic rings. The monoisotopic (exact) mass is 322 g/mol. The number of ether oxygens (including phenoxy) is 1. The molecule has 18 heavy (non-hydrogen) atoms. The number of halogens is 3. The number of hydrogen-bond donors (Lipinski definition) is 0. The zero-order valence-electron chi connectivity index (χ0n) is 9.50. The predicted octanol–water partition coefficient (Wildman–Crippen LogP) is -0.0328. The Balaban J connectivity index is 0.00000144. The molecule has 0 aliphatic heterocycles. The molecule has 0 radical (unpaired) electrons. The van der Waals surface area contributed by atoms with Crippen molar-refractivity contribution in [1.82, 2.24) is 0 Å². The third-order valence-electron chi connectivity index (χ3n) is 2.05. The van der Waals surface area contributed by atoms with E-state index in [1.165, 1.54) is 0 Å². The van der Waals surface area contributed by atoms with Gasteiger partial charge in [-0.2, -0.15) is 30.3 Å². The maximum atomic E-state index is 13.2. The van der Waals surface area contributed by atoms with E-state index in [0.717, 1.165) is 23.8 Å². The van der Waals surface area contributed by atoms with E-state index in [0.29, 0.717) is 0 Å². The Morgan fingerprint density at radius 2 is 1.89 bits per heavy atom. The van der Waals surface area contributed by atoms with Crippen molar-refractivity contribution in [1.29, 1.82) is 0 Å². The molecule has 0 unspecified atom stereocenters. The average Bonchev–Trinajstić information content (AvgIpc) is 2.32. The summed E-state index contributed by atoms with van der Waals surface area (Å²) in [6, 6.07) is 13.2. The number of benzene rings is 2. The van der Waals surface area contributed by atoms with Gasteiger partial charge in [-0.1, -0.05) is 0 Å². The summed E-state index contributed by atoms with van der Waals surface area (Å²) in [5.74, 6) is -1.18. The van der Waals surface area contributed by atoms with E-state index in [1.807, 2.05) is 12.1 Å². The molecule has 0 bridgehead atoms. The Labute approximate surface area is 131 Å². The second kappa shape index (κ2) is 8.45. The van der Waals surface area contributed by atoms with Gasteiger partial charge in [0.05, 0.1) is 6.61 Å². The van der Waals surface area contributed by atoms with Crippen molar-refractivity contribution in [2.75, 3.05) is 0 Å². The van der Waals surface area contributed by atoms with Gasteiger partial charge in [-0.15, -0.1) is 5.56 Å². The Hall–Kier alpha value is -0.654. The van der Waals surface area contributed by atoms with Gasteiger partial charge in [-0.05, 0) is 12.1 Å². The van der Waals surface area contributed by atoms with Crippen molar-refractivity contribution in [2.45, 2.75) is 6.61 Å². The molecule has 0 aromatic heterocycles. The summed E-state index contributed by atoms with van der Waals surface area (Å²) in [5, 5.41) is 0. The minimum Gasteiger partial charge on any atom is -1.00 e. The van der Waals surface area contributed by atoms with Crippen LogP contribution in [0.1, 0.15) is 5.56 Å². The van der Waals surface area contributed by atoms with Gasteiger partial charge in [-0.25, -0.2) is 8.78 Å². The molecule has 0 fully saturated rings. The Kier molecular flexibility index (Phi) is 8.14. The molecule has 2 rings (SSSR count). The first-order valence-corrected chi connectivity index (χ1v) is 4.79. The van der Waals surface area contributed by atoms with Crippen LogP contribution >= 0.6 is 0 Å². The summed E-state index contributed by atoms with van der Waals surface area (Å²) in [4.78, 5) is 0. The number of hydrogen-bond acceptors (Lipinski definition) is 1. The van der Waals surface area contributed by atoms with E-state index in [1.54, 1.807) is 12.1 Å². The van der Waals surface area contributed by atoms with Gasteiger partial charge in [-0.3, -0.25) is 0 Å². The molecule has 0 aliphatic rings. The molecular formula is C13H9BrF2MgO. The average molecular weight is 323 g/mol. The second-order valence-corrected chi connectivity index (χ2v) is 3.25. The Morgan fingerprint density at radius 3 is 2.56 bits per heavy atom. The normalized spacial score (nSPS) is 9.00. The van der Waals surface area contributed by atoms with Crippen molar-refractivity contribution in [3.05, 3.63) is 65.7 Å². The molecule has 0 spiro atoms. The summed E-state index contributed by atoms with van der Waals surface area (Å²) in [7, 11) is 0. The summed E-state index contributed by atoms with van der Waals surface area (Å²) in [5.41, 5.74) is 0.783. The van der Waals surface area contributed by atoms with E-state index in [9.17, 15) is 8.78 Å². The molecule has 0 aliphatic carbocycles. The molecule has 90 valence electrons. The van der Waals surface area contributed by atoms with Crippen molar-refractivity contribution in [2.24, 2.45) is 0 Å². The van der Waals surface area contributed by atoms with Crippen LogP contribution < -0.4 is 21.7 Å². The third kappa shape index (κ3) is 4.92. The van der Waals surface area contributed by atoms with Crippen LogP contribution in [0.25, 0.3) is 0 Å². The van der Waals surface area contributed by atoms with Gasteiger partial charge in [0, 0.05) is 6.07 Å². The van der Waals surface area contributed by atoms with Crippen molar-refractivity contribution in [3.63, 3.8) is 0 Å². The topological polar surface area (TPSA) is 9.23 Å². The Bertz CT molecular complexity index is 480. The van der Waals surface area contributed by atoms with Gasteiger partial charge in [0.25, 0.3) is 0 Å². The van der Waals surface area contributed by atoms with Gasteiger partial charge in [0.2, 0.25) is 0 Å². The van der Waals surface area contributed by atoms with Crippen molar-refractivity contribution >= 4 is 23.1 Å². The molecule has 0 N–H and O–H groups in total. The fraction of sp³-hybridized carbons (Fsp3) is 0.0769. The Morgan fingerprint density at radius 1 is 1.11 bits per heavy atom. The summed E-state index contributed by atoms with van der Waals surface area (Å²) >= 11 is 0.